The largest absolute Gasteiger partial charge is 0.388 e. The van der Waals surface area contributed by atoms with Crippen LogP contribution in [0.15, 0.2) is 73.3 Å². The van der Waals surface area contributed by atoms with Gasteiger partial charge in [0.25, 0.3) is 11.8 Å². The molecule has 0 atom stereocenters. The first-order chi connectivity index (χ1) is 15.0. The van der Waals surface area contributed by atoms with E-state index in [1.54, 1.807) is 43.5 Å². The summed E-state index contributed by atoms with van der Waals surface area (Å²) >= 11 is 0. The Labute approximate surface area is 184 Å². The molecule has 0 bridgehead atoms. The van der Waals surface area contributed by atoms with Gasteiger partial charge in [-0.3, -0.25) is 9.59 Å². The maximum atomic E-state index is 12.7. The highest BCUT2D eigenvalue weighted by molar-refractivity contribution is 6.07. The predicted molar refractivity (Wildman–Crippen MR) is 131 cm³/mol. The summed E-state index contributed by atoms with van der Waals surface area (Å²) in [5.41, 5.74) is 4.99. The zero-order valence-electron chi connectivity index (χ0n) is 18.5. The zero-order chi connectivity index (χ0) is 22.8. The lowest BCUT2D eigenvalue weighted by Crippen LogP contribution is -2.15. The molecule has 0 fully saturated rings. The highest BCUT2D eigenvalue weighted by Gasteiger charge is 2.11. The molecular weight excluding hydrogens is 386 g/mol. The fourth-order valence-corrected chi connectivity index (χ4v) is 2.91. The van der Waals surface area contributed by atoms with E-state index in [1.165, 1.54) is 0 Å². The minimum atomic E-state index is -0.235. The third-order valence-corrected chi connectivity index (χ3v) is 4.58. The molecule has 3 N–H and O–H groups in total. The van der Waals surface area contributed by atoms with Crippen LogP contribution in [0.5, 0.6) is 0 Å². The van der Waals surface area contributed by atoms with Crippen molar-refractivity contribution in [3.63, 3.8) is 0 Å². The van der Waals surface area contributed by atoms with Gasteiger partial charge >= 0.3 is 0 Å². The van der Waals surface area contributed by atoms with Crippen LogP contribution < -0.4 is 16.0 Å². The summed E-state index contributed by atoms with van der Waals surface area (Å²) < 4.78 is 0. The van der Waals surface area contributed by atoms with Gasteiger partial charge in [0.1, 0.15) is 0 Å². The minimum Gasteiger partial charge on any atom is -0.388 e. The Hall–Kier alpha value is -3.86. The second kappa shape index (κ2) is 11.4. The molecule has 0 saturated carbocycles. The minimum absolute atomic E-state index is 0.198. The van der Waals surface area contributed by atoms with Gasteiger partial charge in [-0.05, 0) is 54.4 Å². The van der Waals surface area contributed by atoms with Gasteiger partial charge in [-0.15, -0.1) is 0 Å². The Bertz CT molecular complexity index is 1060. The first kappa shape index (κ1) is 23.4. The van der Waals surface area contributed by atoms with Crippen molar-refractivity contribution in [3.05, 3.63) is 95.6 Å². The highest BCUT2D eigenvalue weighted by atomic mass is 16.2. The molecule has 160 valence electrons. The number of benzene rings is 3. The average molecular weight is 416 g/mol. The lowest BCUT2D eigenvalue weighted by atomic mass is 10.1. The van der Waals surface area contributed by atoms with E-state index in [2.05, 4.69) is 22.5 Å². The average Bonchev–Trinajstić information content (AvgIpc) is 2.82. The van der Waals surface area contributed by atoms with Crippen molar-refractivity contribution in [2.45, 2.75) is 20.8 Å². The van der Waals surface area contributed by atoms with Crippen LogP contribution in [-0.2, 0) is 0 Å². The number of hydrogen-bond acceptors (Lipinski definition) is 3. The fourth-order valence-electron chi connectivity index (χ4n) is 2.91. The van der Waals surface area contributed by atoms with Crippen LogP contribution in [0, 0.1) is 6.92 Å². The SMILES string of the molecule is C=Cc1ccc(C(=O)Nc2ccc(C)c(NC(=O)c3ccccc3)c2)cc1NC.CC. The van der Waals surface area contributed by atoms with Gasteiger partial charge in [0.2, 0.25) is 0 Å². The summed E-state index contributed by atoms with van der Waals surface area (Å²) in [6.07, 6.45) is 1.73. The van der Waals surface area contributed by atoms with Gasteiger partial charge in [-0.2, -0.15) is 0 Å². The number of hydrogen-bond donors (Lipinski definition) is 3. The van der Waals surface area contributed by atoms with Gasteiger partial charge < -0.3 is 16.0 Å². The van der Waals surface area contributed by atoms with Crippen molar-refractivity contribution >= 4 is 35.0 Å². The molecule has 31 heavy (non-hydrogen) atoms. The summed E-state index contributed by atoms with van der Waals surface area (Å²) in [6, 6.07) is 19.8. The maximum Gasteiger partial charge on any atom is 0.255 e. The van der Waals surface area contributed by atoms with Crippen molar-refractivity contribution in [1.82, 2.24) is 0 Å². The van der Waals surface area contributed by atoms with Crippen LogP contribution in [0.2, 0.25) is 0 Å². The van der Waals surface area contributed by atoms with Crippen molar-refractivity contribution in [2.24, 2.45) is 0 Å². The van der Waals surface area contributed by atoms with Crippen LogP contribution in [0.4, 0.5) is 17.1 Å². The molecule has 0 heterocycles. The molecule has 0 aliphatic rings. The molecule has 0 aliphatic carbocycles. The summed E-state index contributed by atoms with van der Waals surface area (Å²) in [5.74, 6) is -0.433. The van der Waals surface area contributed by atoms with Crippen LogP contribution in [0.3, 0.4) is 0 Å². The van der Waals surface area contributed by atoms with E-state index in [-0.39, 0.29) is 11.8 Å². The third-order valence-electron chi connectivity index (χ3n) is 4.58. The number of rotatable bonds is 6. The third kappa shape index (κ3) is 6.06. The second-order valence-corrected chi connectivity index (χ2v) is 6.56. The normalized spacial score (nSPS) is 9.68. The topological polar surface area (TPSA) is 70.2 Å². The number of aryl methyl sites for hydroxylation is 1. The van der Waals surface area contributed by atoms with Gasteiger partial charge in [0.05, 0.1) is 0 Å². The summed E-state index contributed by atoms with van der Waals surface area (Å²) in [5, 5.41) is 8.85. The molecule has 0 radical (unpaired) electrons. The van der Waals surface area contributed by atoms with Gasteiger partial charge in [0, 0.05) is 35.2 Å². The molecular formula is C26H29N3O2. The quantitative estimate of drug-likeness (QED) is 0.448. The summed E-state index contributed by atoms with van der Waals surface area (Å²) in [7, 11) is 1.80. The van der Waals surface area contributed by atoms with Gasteiger partial charge in [-0.25, -0.2) is 0 Å². The molecule has 0 spiro atoms. The molecule has 0 unspecified atom stereocenters. The number of anilines is 3. The zero-order valence-corrected chi connectivity index (χ0v) is 18.5. The Morgan fingerprint density at radius 2 is 1.48 bits per heavy atom. The molecule has 0 aromatic heterocycles. The standard InChI is InChI=1S/C24H23N3O2.C2H6/c1-4-17-11-12-19(14-22(17)25-3)24(29)26-20-13-10-16(2)21(15-20)27-23(28)18-8-6-5-7-9-18;1-2/h4-15,25H,1H2,2-3H3,(H,26,29)(H,27,28);1-2H3. The summed E-state index contributed by atoms with van der Waals surface area (Å²) in [6.45, 7) is 9.67. The Morgan fingerprint density at radius 1 is 0.806 bits per heavy atom. The Balaban J connectivity index is 0.00000166. The molecule has 3 aromatic rings. The molecule has 5 heteroatoms. The number of carbonyl (C=O) groups is 2. The molecule has 3 rings (SSSR count). The monoisotopic (exact) mass is 415 g/mol. The van der Waals surface area contributed by atoms with Crippen LogP contribution in [0.25, 0.3) is 6.08 Å². The molecule has 2 amide bonds. The Kier molecular flexibility index (Phi) is 8.58. The van der Waals surface area contributed by atoms with Crippen LogP contribution in [0.1, 0.15) is 45.7 Å². The number of amides is 2. The van der Waals surface area contributed by atoms with E-state index in [1.807, 2.05) is 57.2 Å². The first-order valence-corrected chi connectivity index (χ1v) is 10.2. The smallest absolute Gasteiger partial charge is 0.255 e. The van der Waals surface area contributed by atoms with E-state index in [0.717, 1.165) is 16.8 Å². The highest BCUT2D eigenvalue weighted by Crippen LogP contribution is 2.23. The van der Waals surface area contributed by atoms with Crippen LogP contribution in [-0.4, -0.2) is 18.9 Å². The van der Waals surface area contributed by atoms with Gasteiger partial charge in [0.15, 0.2) is 0 Å². The Morgan fingerprint density at radius 3 is 2.13 bits per heavy atom. The van der Waals surface area contributed by atoms with E-state index < -0.39 is 0 Å². The number of nitrogens with one attached hydrogen (secondary N) is 3. The second-order valence-electron chi connectivity index (χ2n) is 6.56. The molecule has 0 saturated heterocycles. The van der Waals surface area contributed by atoms with E-state index in [4.69, 9.17) is 0 Å². The van der Waals surface area contributed by atoms with Crippen LogP contribution >= 0.6 is 0 Å². The summed E-state index contributed by atoms with van der Waals surface area (Å²) in [4.78, 5) is 25.1. The van der Waals surface area contributed by atoms with Crippen molar-refractivity contribution < 1.29 is 9.59 Å². The maximum absolute atomic E-state index is 12.7. The van der Waals surface area contributed by atoms with E-state index in [0.29, 0.717) is 22.5 Å². The molecule has 3 aromatic carbocycles. The predicted octanol–water partition coefficient (Wildman–Crippen LogP) is 6.21. The lowest BCUT2D eigenvalue weighted by Gasteiger charge is -2.13. The number of carbonyl (C=O) groups excluding carboxylic acids is 2. The van der Waals surface area contributed by atoms with Crippen molar-refractivity contribution in [2.75, 3.05) is 23.0 Å². The fraction of sp³-hybridized carbons (Fsp3) is 0.154. The van der Waals surface area contributed by atoms with E-state index >= 15 is 0 Å². The van der Waals surface area contributed by atoms with Crippen molar-refractivity contribution in [3.8, 4) is 0 Å². The lowest BCUT2D eigenvalue weighted by molar-refractivity contribution is 0.101. The first-order valence-electron chi connectivity index (χ1n) is 10.2. The van der Waals surface area contributed by atoms with E-state index in [9.17, 15) is 9.59 Å². The van der Waals surface area contributed by atoms with Crippen molar-refractivity contribution in [1.29, 1.82) is 0 Å². The van der Waals surface area contributed by atoms with Gasteiger partial charge in [-0.1, -0.05) is 56.8 Å². The molecule has 5 nitrogen and oxygen atoms in total. The molecule has 0 aliphatic heterocycles.